The minimum Gasteiger partial charge on any atom is -0.493 e. The van der Waals surface area contributed by atoms with Gasteiger partial charge in [0.25, 0.3) is 0 Å². The Bertz CT molecular complexity index is 1430. The van der Waals surface area contributed by atoms with E-state index in [1.807, 2.05) is 13.2 Å². The molecule has 0 aliphatic carbocycles. The summed E-state index contributed by atoms with van der Waals surface area (Å²) in [6.45, 7) is 4.19. The number of hydrogen-bond acceptors (Lipinski definition) is 8. The Hall–Kier alpha value is -4.28. The number of hydrogen-bond donors (Lipinski definition) is 1. The molecule has 1 aliphatic heterocycles. The van der Waals surface area contributed by atoms with Gasteiger partial charge in [-0.25, -0.2) is 18.7 Å². The number of allylic oxidation sites excluding steroid dienone is 1. The monoisotopic (exact) mass is 493 g/mol. The number of anilines is 2. The highest BCUT2D eigenvalue weighted by Crippen LogP contribution is 2.40. The summed E-state index contributed by atoms with van der Waals surface area (Å²) >= 11 is 0. The van der Waals surface area contributed by atoms with Crippen molar-refractivity contribution in [1.29, 1.82) is 0 Å². The van der Waals surface area contributed by atoms with Crippen LogP contribution in [0.3, 0.4) is 0 Å². The Labute approximate surface area is 206 Å². The van der Waals surface area contributed by atoms with Crippen molar-refractivity contribution in [3.8, 4) is 22.8 Å². The van der Waals surface area contributed by atoms with Crippen LogP contribution >= 0.6 is 0 Å². The third-order valence-corrected chi connectivity index (χ3v) is 6.10. The van der Waals surface area contributed by atoms with Gasteiger partial charge in [-0.1, -0.05) is 6.58 Å². The van der Waals surface area contributed by atoms with Crippen molar-refractivity contribution in [1.82, 2.24) is 30.0 Å². The fraction of sp³-hybridized carbons (Fsp3) is 0.280. The summed E-state index contributed by atoms with van der Waals surface area (Å²) in [4.78, 5) is 15.2. The van der Waals surface area contributed by atoms with Crippen LogP contribution in [0.2, 0.25) is 0 Å². The van der Waals surface area contributed by atoms with E-state index < -0.39 is 11.6 Å². The Morgan fingerprint density at radius 1 is 1.14 bits per heavy atom. The average Bonchev–Trinajstić information content (AvgIpc) is 3.50. The van der Waals surface area contributed by atoms with E-state index >= 15 is 8.78 Å². The van der Waals surface area contributed by atoms with E-state index in [1.54, 1.807) is 29.2 Å². The molecule has 1 aliphatic rings. The zero-order chi connectivity index (χ0) is 25.4. The maximum Gasteiger partial charge on any atom is 0.191 e. The number of halogens is 2. The van der Waals surface area contributed by atoms with Crippen molar-refractivity contribution in [2.75, 3.05) is 25.7 Å². The summed E-state index contributed by atoms with van der Waals surface area (Å²) in [7, 11) is 4.44. The van der Waals surface area contributed by atoms with Crippen LogP contribution in [0.4, 0.5) is 20.3 Å². The Morgan fingerprint density at radius 3 is 2.50 bits per heavy atom. The van der Waals surface area contributed by atoms with E-state index in [1.165, 1.54) is 25.2 Å². The molecule has 0 bridgehead atoms. The van der Waals surface area contributed by atoms with E-state index in [0.717, 1.165) is 24.1 Å². The zero-order valence-corrected chi connectivity index (χ0v) is 20.1. The highest BCUT2D eigenvalue weighted by molar-refractivity contribution is 5.77. The first kappa shape index (κ1) is 23.5. The number of pyridine rings is 1. The fourth-order valence-corrected chi connectivity index (χ4v) is 4.28. The van der Waals surface area contributed by atoms with Crippen LogP contribution in [0.25, 0.3) is 22.4 Å². The topological polar surface area (TPSA) is 90.2 Å². The Balaban J connectivity index is 1.65. The molecule has 1 saturated heterocycles. The molecule has 3 aromatic heterocycles. The molecular weight excluding hydrogens is 468 g/mol. The van der Waals surface area contributed by atoms with Crippen LogP contribution in [0.15, 0.2) is 49.1 Å². The molecule has 4 heterocycles. The maximum absolute atomic E-state index is 15.6. The van der Waals surface area contributed by atoms with Crippen molar-refractivity contribution in [3.63, 3.8) is 0 Å². The molecule has 36 heavy (non-hydrogen) atoms. The number of nitrogens with one attached hydrogen (secondary N) is 1. The summed E-state index contributed by atoms with van der Waals surface area (Å²) in [6.07, 6.45) is 6.67. The molecule has 1 N–H and O–H groups in total. The van der Waals surface area contributed by atoms with Gasteiger partial charge in [-0.2, -0.15) is 5.10 Å². The number of rotatable bonds is 7. The van der Waals surface area contributed by atoms with Crippen molar-refractivity contribution in [2.45, 2.75) is 18.9 Å². The summed E-state index contributed by atoms with van der Waals surface area (Å²) in [6, 6.07) is 4.47. The zero-order valence-electron chi connectivity index (χ0n) is 20.1. The molecule has 1 unspecified atom stereocenters. The molecule has 186 valence electrons. The van der Waals surface area contributed by atoms with Gasteiger partial charge < -0.3 is 19.7 Å². The molecule has 9 nitrogen and oxygen atoms in total. The first-order chi connectivity index (χ1) is 17.4. The van der Waals surface area contributed by atoms with Gasteiger partial charge >= 0.3 is 0 Å². The number of nitrogens with zero attached hydrogens (tertiary/aromatic N) is 6. The van der Waals surface area contributed by atoms with Crippen LogP contribution in [0, 0.1) is 11.6 Å². The van der Waals surface area contributed by atoms with Crippen molar-refractivity contribution in [3.05, 3.63) is 60.7 Å². The fourth-order valence-electron chi connectivity index (χ4n) is 4.28. The minimum atomic E-state index is -0.857. The average molecular weight is 494 g/mol. The lowest BCUT2D eigenvalue weighted by Crippen LogP contribution is -2.36. The highest BCUT2D eigenvalue weighted by Gasteiger charge is 2.30. The van der Waals surface area contributed by atoms with E-state index in [4.69, 9.17) is 9.47 Å². The van der Waals surface area contributed by atoms with Crippen molar-refractivity contribution >= 4 is 22.7 Å². The second-order valence-corrected chi connectivity index (χ2v) is 8.52. The summed E-state index contributed by atoms with van der Waals surface area (Å²) in [5.41, 5.74) is 2.79. The quantitative estimate of drug-likeness (QED) is 0.411. The number of aryl methyl sites for hydroxylation is 1. The molecule has 0 amide bonds. The SMILES string of the molecule is C=C1CCC(CN(c2ccc3ncc(-c4cnn(C)c4)nc3n2)c2c(F)c(OC)cc(OC)c2F)N1. The van der Waals surface area contributed by atoms with Crippen LogP contribution in [0.1, 0.15) is 12.8 Å². The second-order valence-electron chi connectivity index (χ2n) is 8.52. The molecule has 0 spiro atoms. The minimum absolute atomic E-state index is 0.0983. The molecular formula is C25H25F2N7O2. The maximum atomic E-state index is 15.6. The molecule has 0 saturated carbocycles. The first-order valence-corrected chi connectivity index (χ1v) is 11.3. The lowest BCUT2D eigenvalue weighted by molar-refractivity contribution is 0.358. The summed E-state index contributed by atoms with van der Waals surface area (Å²) < 4.78 is 43.1. The number of benzene rings is 1. The van der Waals surface area contributed by atoms with Gasteiger partial charge in [0.05, 0.1) is 32.3 Å². The summed E-state index contributed by atoms with van der Waals surface area (Å²) in [5.74, 6) is -1.70. The predicted octanol–water partition coefficient (Wildman–Crippen LogP) is 4.12. The van der Waals surface area contributed by atoms with Crippen LogP contribution in [-0.2, 0) is 7.05 Å². The third kappa shape index (κ3) is 4.28. The first-order valence-electron chi connectivity index (χ1n) is 11.3. The number of aromatic nitrogens is 5. The molecule has 11 heteroatoms. The number of methoxy groups -OCH3 is 2. The largest absolute Gasteiger partial charge is 0.493 e. The van der Waals surface area contributed by atoms with Gasteiger partial charge in [-0.15, -0.1) is 0 Å². The smallest absolute Gasteiger partial charge is 0.191 e. The van der Waals surface area contributed by atoms with Gasteiger partial charge in [0, 0.05) is 43.2 Å². The Kier molecular flexibility index (Phi) is 6.13. The number of ether oxygens (including phenoxy) is 2. The van der Waals surface area contributed by atoms with Gasteiger partial charge in [0.1, 0.15) is 17.0 Å². The van der Waals surface area contributed by atoms with Gasteiger partial charge in [0.2, 0.25) is 0 Å². The second kappa shape index (κ2) is 9.40. The molecule has 4 aromatic rings. The molecule has 1 atom stereocenters. The van der Waals surface area contributed by atoms with Crippen LogP contribution in [-0.4, -0.2) is 51.5 Å². The van der Waals surface area contributed by atoms with Crippen molar-refractivity contribution in [2.24, 2.45) is 7.05 Å². The van der Waals surface area contributed by atoms with Gasteiger partial charge in [-0.3, -0.25) is 9.67 Å². The number of fused-ring (bicyclic) bond motifs is 1. The molecule has 0 radical (unpaired) electrons. The van der Waals surface area contributed by atoms with Gasteiger partial charge in [0.15, 0.2) is 28.8 Å². The lowest BCUT2D eigenvalue weighted by atomic mass is 10.1. The van der Waals surface area contributed by atoms with E-state index in [-0.39, 0.29) is 29.8 Å². The predicted molar refractivity (Wildman–Crippen MR) is 131 cm³/mol. The van der Waals surface area contributed by atoms with E-state index in [2.05, 4.69) is 31.9 Å². The third-order valence-electron chi connectivity index (χ3n) is 6.10. The molecule has 5 rings (SSSR count). The van der Waals surface area contributed by atoms with Gasteiger partial charge in [-0.05, 0) is 25.0 Å². The Morgan fingerprint density at radius 2 is 1.89 bits per heavy atom. The summed E-state index contributed by atoms with van der Waals surface area (Å²) in [5, 5.41) is 7.45. The van der Waals surface area contributed by atoms with Crippen molar-refractivity contribution < 1.29 is 18.3 Å². The standard InChI is InChI=1S/C25H25F2N7O2/c1-14-5-6-16(30-14)13-34(24-22(26)19(35-3)9-20(36-4)23(24)27)21-8-7-17-25(32-21)31-18(11-28-17)15-10-29-33(2)12-15/h7-12,16,30H,1,5-6,13H2,2-4H3. The lowest BCUT2D eigenvalue weighted by Gasteiger charge is -2.29. The normalized spacial score (nSPS) is 15.2. The molecule has 1 aromatic carbocycles. The highest BCUT2D eigenvalue weighted by atomic mass is 19.1. The van der Waals surface area contributed by atoms with Crippen LogP contribution < -0.4 is 19.7 Å². The van der Waals surface area contributed by atoms with Crippen LogP contribution in [0.5, 0.6) is 11.5 Å². The van der Waals surface area contributed by atoms with E-state index in [9.17, 15) is 0 Å². The molecule has 1 fully saturated rings. The van der Waals surface area contributed by atoms with E-state index in [0.29, 0.717) is 22.7 Å².